The largest absolute Gasteiger partial charge is 0.382 e. The monoisotopic (exact) mass is 347 g/mol. The molecule has 8 heteroatoms. The minimum Gasteiger partial charge on any atom is -0.382 e. The second-order valence-electron chi connectivity index (χ2n) is 5.74. The predicted molar refractivity (Wildman–Crippen MR) is 99.9 cm³/mol. The maximum Gasteiger partial charge on any atom is 0.301 e. The maximum absolute atomic E-state index is 13.0. The molecule has 0 amide bonds. The number of anilines is 1. The standard InChI is InChI=1S/C18H17N7O/c19-16-15(22-23-18-20-11-12-21-18)17(26)25(14-9-5-2-6-10-14)24(16)13-7-3-1-4-8-13/h1-3,5-7,9-12H,4,8,19H2,(H,20,21). The van der Waals surface area contributed by atoms with E-state index in [1.165, 1.54) is 4.68 Å². The van der Waals surface area contributed by atoms with Crippen molar-refractivity contribution in [2.45, 2.75) is 12.8 Å². The SMILES string of the molecule is Nc1c(N=Nc2ncc[nH]2)c(=O)n(-c2ccccc2)n1C1=CC=CCC1. The number of benzene rings is 1. The molecule has 0 bridgehead atoms. The number of para-hydroxylation sites is 1. The first-order valence-corrected chi connectivity index (χ1v) is 8.22. The average Bonchev–Trinajstić information content (AvgIpc) is 3.28. The quantitative estimate of drug-likeness (QED) is 0.705. The Bertz CT molecular complexity index is 1050. The Morgan fingerprint density at radius 2 is 2.00 bits per heavy atom. The molecule has 8 nitrogen and oxygen atoms in total. The Morgan fingerprint density at radius 3 is 2.69 bits per heavy atom. The van der Waals surface area contributed by atoms with E-state index in [1.807, 2.05) is 42.5 Å². The minimum atomic E-state index is -0.334. The van der Waals surface area contributed by atoms with Gasteiger partial charge in [-0.05, 0) is 31.1 Å². The average molecular weight is 347 g/mol. The number of aromatic nitrogens is 4. The minimum absolute atomic E-state index is 0.0840. The third-order valence-corrected chi connectivity index (χ3v) is 4.06. The zero-order chi connectivity index (χ0) is 17.9. The van der Waals surface area contributed by atoms with Crippen LogP contribution in [0.2, 0.25) is 0 Å². The van der Waals surface area contributed by atoms with Crippen molar-refractivity contribution in [2.75, 3.05) is 5.73 Å². The Hall–Kier alpha value is -3.68. The summed E-state index contributed by atoms with van der Waals surface area (Å²) in [5, 5.41) is 8.03. The predicted octanol–water partition coefficient (Wildman–Crippen LogP) is 3.55. The van der Waals surface area contributed by atoms with Crippen molar-refractivity contribution in [2.24, 2.45) is 10.2 Å². The molecule has 2 aromatic heterocycles. The van der Waals surface area contributed by atoms with E-state index in [0.717, 1.165) is 18.5 Å². The summed E-state index contributed by atoms with van der Waals surface area (Å²) >= 11 is 0. The van der Waals surface area contributed by atoms with Crippen LogP contribution in [0.15, 0.2) is 76.0 Å². The molecule has 0 saturated carbocycles. The van der Waals surface area contributed by atoms with Crippen molar-refractivity contribution in [1.29, 1.82) is 0 Å². The molecule has 2 heterocycles. The molecular weight excluding hydrogens is 330 g/mol. The summed E-state index contributed by atoms with van der Waals surface area (Å²) in [5.41, 5.74) is 7.68. The van der Waals surface area contributed by atoms with Gasteiger partial charge in [-0.1, -0.05) is 30.4 Å². The molecule has 3 N–H and O–H groups in total. The highest BCUT2D eigenvalue weighted by Gasteiger charge is 2.21. The van der Waals surface area contributed by atoms with E-state index in [4.69, 9.17) is 5.73 Å². The number of hydrogen-bond donors (Lipinski definition) is 2. The molecule has 26 heavy (non-hydrogen) atoms. The maximum atomic E-state index is 13.0. The number of nitrogens with two attached hydrogens (primary N) is 1. The zero-order valence-corrected chi connectivity index (χ0v) is 13.9. The van der Waals surface area contributed by atoms with E-state index in [-0.39, 0.29) is 17.1 Å². The van der Waals surface area contributed by atoms with Crippen molar-refractivity contribution < 1.29 is 0 Å². The summed E-state index contributed by atoms with van der Waals surface area (Å²) in [7, 11) is 0. The van der Waals surface area contributed by atoms with Crippen LogP contribution in [0.4, 0.5) is 17.5 Å². The lowest BCUT2D eigenvalue weighted by Crippen LogP contribution is -2.21. The molecule has 1 aliphatic rings. The number of aromatic amines is 1. The zero-order valence-electron chi connectivity index (χ0n) is 13.9. The van der Waals surface area contributed by atoms with Gasteiger partial charge in [-0.2, -0.15) is 0 Å². The third kappa shape index (κ3) is 2.77. The fourth-order valence-electron chi connectivity index (χ4n) is 2.86. The van der Waals surface area contributed by atoms with Crippen molar-refractivity contribution in [1.82, 2.24) is 19.3 Å². The second-order valence-corrected chi connectivity index (χ2v) is 5.74. The Balaban J connectivity index is 1.91. The molecule has 1 aromatic carbocycles. The van der Waals surface area contributed by atoms with Gasteiger partial charge in [0.05, 0.1) is 5.69 Å². The van der Waals surface area contributed by atoms with Crippen LogP contribution in [0.3, 0.4) is 0 Å². The molecular formula is C18H17N7O. The van der Waals surface area contributed by atoms with E-state index >= 15 is 0 Å². The van der Waals surface area contributed by atoms with Crippen LogP contribution < -0.4 is 11.3 Å². The van der Waals surface area contributed by atoms with Crippen molar-refractivity contribution >= 4 is 23.2 Å². The van der Waals surface area contributed by atoms with Crippen LogP contribution >= 0.6 is 0 Å². The highest BCUT2D eigenvalue weighted by atomic mass is 16.1. The van der Waals surface area contributed by atoms with E-state index in [1.54, 1.807) is 17.1 Å². The number of nitrogens with one attached hydrogen (secondary N) is 1. The molecule has 0 unspecified atom stereocenters. The van der Waals surface area contributed by atoms with Crippen LogP contribution in [-0.2, 0) is 0 Å². The molecule has 3 aromatic rings. The van der Waals surface area contributed by atoms with Gasteiger partial charge in [-0.3, -0.25) is 4.79 Å². The Kier molecular flexibility index (Phi) is 4.06. The summed E-state index contributed by atoms with van der Waals surface area (Å²) in [6, 6.07) is 9.34. The fourth-order valence-corrected chi connectivity index (χ4v) is 2.86. The van der Waals surface area contributed by atoms with Gasteiger partial charge in [0.2, 0.25) is 5.95 Å². The molecule has 0 atom stereocenters. The van der Waals surface area contributed by atoms with Crippen LogP contribution in [0.5, 0.6) is 0 Å². The number of nitrogens with zero attached hydrogens (tertiary/aromatic N) is 5. The van der Waals surface area contributed by atoms with Crippen LogP contribution in [0.25, 0.3) is 11.4 Å². The summed E-state index contributed by atoms with van der Waals surface area (Å²) in [5.74, 6) is 0.554. The molecule has 1 aliphatic carbocycles. The van der Waals surface area contributed by atoms with Crippen LogP contribution in [0.1, 0.15) is 12.8 Å². The van der Waals surface area contributed by atoms with Crippen LogP contribution in [0, 0.1) is 0 Å². The molecule has 0 fully saturated rings. The topological polar surface area (TPSA) is 106 Å². The molecule has 0 radical (unpaired) electrons. The van der Waals surface area contributed by atoms with Gasteiger partial charge in [0.1, 0.15) is 0 Å². The second kappa shape index (κ2) is 6.67. The Labute approximate surface area is 149 Å². The summed E-state index contributed by atoms with van der Waals surface area (Å²) < 4.78 is 3.23. The number of rotatable bonds is 4. The third-order valence-electron chi connectivity index (χ3n) is 4.06. The van der Waals surface area contributed by atoms with E-state index in [9.17, 15) is 4.79 Å². The van der Waals surface area contributed by atoms with Crippen molar-refractivity contribution in [3.8, 4) is 5.69 Å². The van der Waals surface area contributed by atoms with Crippen molar-refractivity contribution in [3.63, 3.8) is 0 Å². The molecule has 4 rings (SSSR count). The number of allylic oxidation sites excluding steroid dienone is 4. The number of hydrogen-bond acceptors (Lipinski definition) is 5. The Morgan fingerprint density at radius 1 is 1.15 bits per heavy atom. The highest BCUT2D eigenvalue weighted by molar-refractivity contribution is 5.66. The normalized spacial score (nSPS) is 14.1. The van der Waals surface area contributed by atoms with Crippen LogP contribution in [-0.4, -0.2) is 19.3 Å². The number of azo groups is 1. The van der Waals surface area contributed by atoms with Gasteiger partial charge < -0.3 is 10.7 Å². The van der Waals surface area contributed by atoms with Gasteiger partial charge in [0, 0.05) is 18.1 Å². The van der Waals surface area contributed by atoms with E-state index in [0.29, 0.717) is 11.6 Å². The highest BCUT2D eigenvalue weighted by Crippen LogP contribution is 2.28. The first-order valence-electron chi connectivity index (χ1n) is 8.22. The van der Waals surface area contributed by atoms with E-state index < -0.39 is 0 Å². The smallest absolute Gasteiger partial charge is 0.301 e. The summed E-state index contributed by atoms with van der Waals surface area (Å²) in [6.07, 6.45) is 10.8. The number of H-pyrrole nitrogens is 1. The first kappa shape index (κ1) is 15.8. The lowest BCUT2D eigenvalue weighted by atomic mass is 10.1. The summed E-state index contributed by atoms with van der Waals surface area (Å²) in [6.45, 7) is 0. The molecule has 0 aliphatic heterocycles. The summed E-state index contributed by atoms with van der Waals surface area (Å²) in [4.78, 5) is 19.8. The van der Waals surface area contributed by atoms with Gasteiger partial charge in [0.15, 0.2) is 11.5 Å². The molecule has 0 spiro atoms. The first-order chi connectivity index (χ1) is 12.8. The lowest BCUT2D eigenvalue weighted by molar-refractivity contribution is 0.719. The van der Waals surface area contributed by atoms with Gasteiger partial charge in [-0.25, -0.2) is 14.3 Å². The van der Waals surface area contributed by atoms with Crippen molar-refractivity contribution in [3.05, 3.63) is 71.3 Å². The molecule has 0 saturated heterocycles. The number of nitrogen functional groups attached to an aromatic ring is 1. The van der Waals surface area contributed by atoms with E-state index in [2.05, 4.69) is 26.3 Å². The fraction of sp³-hybridized carbons (Fsp3) is 0.111. The van der Waals surface area contributed by atoms with Gasteiger partial charge in [0.25, 0.3) is 0 Å². The van der Waals surface area contributed by atoms with Gasteiger partial charge >= 0.3 is 5.56 Å². The number of imidazole rings is 1. The molecule has 130 valence electrons. The lowest BCUT2D eigenvalue weighted by Gasteiger charge is -2.17. The van der Waals surface area contributed by atoms with Gasteiger partial charge in [-0.15, -0.1) is 10.2 Å².